The number of aliphatic hydroxyl groups is 3. The van der Waals surface area contributed by atoms with Crippen LogP contribution in [0.2, 0.25) is 0 Å². The van der Waals surface area contributed by atoms with Gasteiger partial charge in [-0.1, -0.05) is 0 Å². The van der Waals surface area contributed by atoms with E-state index in [9.17, 15) is 15.0 Å². The minimum atomic E-state index is -1.23. The van der Waals surface area contributed by atoms with Gasteiger partial charge in [-0.05, 0) is 11.6 Å². The molecule has 0 aliphatic heterocycles. The van der Waals surface area contributed by atoms with Crippen LogP contribution in [0.25, 0.3) is 5.70 Å². The highest BCUT2D eigenvalue weighted by molar-refractivity contribution is 5.90. The number of nitrogens with two attached hydrogens (primary N) is 1. The number of amides is 1. The Morgan fingerprint density at radius 2 is 2.29 bits per heavy atom. The van der Waals surface area contributed by atoms with Gasteiger partial charge >= 0.3 is 0 Å². The molecular weight excluding hydrogens is 226 g/mol. The zero-order valence-electron chi connectivity index (χ0n) is 8.74. The van der Waals surface area contributed by atoms with E-state index >= 15 is 0 Å². The Kier molecular flexibility index (Phi) is 2.70. The lowest BCUT2D eigenvalue weighted by Crippen LogP contribution is -2.12. The van der Waals surface area contributed by atoms with Crippen molar-refractivity contribution >= 4 is 11.6 Å². The van der Waals surface area contributed by atoms with Gasteiger partial charge in [0.25, 0.3) is 5.91 Å². The van der Waals surface area contributed by atoms with Crippen molar-refractivity contribution in [2.75, 3.05) is 6.61 Å². The monoisotopic (exact) mass is 237 g/mol. The Bertz CT molecular complexity index is 529. The van der Waals surface area contributed by atoms with Gasteiger partial charge in [0.1, 0.15) is 23.9 Å². The molecule has 1 aliphatic rings. The zero-order chi connectivity index (χ0) is 12.6. The molecule has 0 bridgehead atoms. The molecule has 1 aliphatic carbocycles. The largest absolute Gasteiger partial charge is 0.507 e. The highest BCUT2D eigenvalue weighted by Crippen LogP contribution is 2.27. The third-order valence-corrected chi connectivity index (χ3v) is 2.49. The van der Waals surface area contributed by atoms with E-state index in [2.05, 4.69) is 4.98 Å². The van der Waals surface area contributed by atoms with Crippen molar-refractivity contribution in [2.24, 2.45) is 5.73 Å². The van der Waals surface area contributed by atoms with Crippen LogP contribution >= 0.6 is 0 Å². The fraction of sp³-hybridized carbons (Fsp3) is 0.200. The summed E-state index contributed by atoms with van der Waals surface area (Å²) in [5.41, 5.74) is 5.61. The predicted octanol–water partition coefficient (Wildman–Crippen LogP) is -0.998. The number of aromatic nitrogens is 2. The van der Waals surface area contributed by atoms with Crippen LogP contribution in [0.5, 0.6) is 0 Å². The van der Waals surface area contributed by atoms with Gasteiger partial charge in [-0.2, -0.15) is 0 Å². The van der Waals surface area contributed by atoms with Crippen LogP contribution < -0.4 is 5.73 Å². The number of allylic oxidation sites excluding steroid dienone is 2. The zero-order valence-corrected chi connectivity index (χ0v) is 8.74. The SMILES string of the molecule is NC(=O)c1cn(C2=C(O)C(O)C(CO)=C2)cn1. The van der Waals surface area contributed by atoms with Crippen LogP contribution in [0.4, 0.5) is 0 Å². The van der Waals surface area contributed by atoms with Gasteiger partial charge < -0.3 is 25.6 Å². The van der Waals surface area contributed by atoms with Gasteiger partial charge in [0.2, 0.25) is 0 Å². The molecule has 1 heterocycles. The minimum absolute atomic E-state index is 0.0469. The molecule has 0 saturated heterocycles. The standard InChI is InChI=1S/C10H11N3O4/c11-10(17)6-2-13(4-12-6)7-1-5(3-14)8(15)9(7)16/h1-2,4,8,14-16H,3H2,(H2,11,17). The van der Waals surface area contributed by atoms with Gasteiger partial charge in [-0.25, -0.2) is 4.98 Å². The first-order valence-electron chi connectivity index (χ1n) is 4.81. The van der Waals surface area contributed by atoms with Crippen molar-refractivity contribution < 1.29 is 20.1 Å². The van der Waals surface area contributed by atoms with Crippen molar-refractivity contribution in [3.63, 3.8) is 0 Å². The molecule has 1 aromatic rings. The normalized spacial score (nSPS) is 19.6. The van der Waals surface area contributed by atoms with Crippen LogP contribution in [-0.4, -0.2) is 43.5 Å². The van der Waals surface area contributed by atoms with Crippen LogP contribution in [-0.2, 0) is 0 Å². The Morgan fingerprint density at radius 3 is 2.76 bits per heavy atom. The van der Waals surface area contributed by atoms with Crippen molar-refractivity contribution in [3.8, 4) is 0 Å². The summed E-state index contributed by atoms with van der Waals surface area (Å²) >= 11 is 0. The van der Waals surface area contributed by atoms with E-state index in [-0.39, 0.29) is 29.3 Å². The van der Waals surface area contributed by atoms with Crippen molar-refractivity contribution in [2.45, 2.75) is 6.10 Å². The number of carbonyl (C=O) groups is 1. The molecule has 90 valence electrons. The molecule has 5 N–H and O–H groups in total. The number of carbonyl (C=O) groups excluding carboxylic acids is 1. The van der Waals surface area contributed by atoms with Crippen molar-refractivity contribution in [1.29, 1.82) is 0 Å². The molecule has 0 aromatic carbocycles. The Morgan fingerprint density at radius 1 is 1.59 bits per heavy atom. The second-order valence-corrected chi connectivity index (χ2v) is 3.58. The average Bonchev–Trinajstić information content (AvgIpc) is 2.87. The molecule has 1 aromatic heterocycles. The first-order chi connectivity index (χ1) is 8.04. The molecule has 1 atom stereocenters. The maximum absolute atomic E-state index is 10.9. The lowest BCUT2D eigenvalue weighted by atomic mass is 10.2. The van der Waals surface area contributed by atoms with E-state index in [1.165, 1.54) is 23.2 Å². The molecule has 2 rings (SSSR count). The van der Waals surface area contributed by atoms with E-state index < -0.39 is 12.0 Å². The average molecular weight is 237 g/mol. The fourth-order valence-corrected chi connectivity index (χ4v) is 1.56. The van der Waals surface area contributed by atoms with Gasteiger partial charge in [0.15, 0.2) is 0 Å². The number of nitrogens with zero attached hydrogens (tertiary/aromatic N) is 2. The predicted molar refractivity (Wildman–Crippen MR) is 57.8 cm³/mol. The van der Waals surface area contributed by atoms with Crippen LogP contribution in [0, 0.1) is 0 Å². The van der Waals surface area contributed by atoms with Crippen LogP contribution in [0.1, 0.15) is 10.5 Å². The van der Waals surface area contributed by atoms with E-state index in [0.29, 0.717) is 0 Å². The number of hydrogen-bond acceptors (Lipinski definition) is 5. The summed E-state index contributed by atoms with van der Waals surface area (Å²) in [5.74, 6) is -0.990. The van der Waals surface area contributed by atoms with Crippen LogP contribution in [0.15, 0.2) is 29.9 Å². The second-order valence-electron chi connectivity index (χ2n) is 3.58. The third kappa shape index (κ3) is 1.81. The second kappa shape index (κ2) is 4.04. The Hall–Kier alpha value is -2.12. The molecule has 17 heavy (non-hydrogen) atoms. The number of imidazole rings is 1. The number of primary amides is 1. The van der Waals surface area contributed by atoms with Gasteiger partial charge in [-0.15, -0.1) is 0 Å². The van der Waals surface area contributed by atoms with E-state index in [1.54, 1.807) is 0 Å². The lowest BCUT2D eigenvalue weighted by Gasteiger charge is -2.06. The Balaban J connectivity index is 2.40. The summed E-state index contributed by atoms with van der Waals surface area (Å²) < 4.78 is 1.35. The molecular formula is C10H11N3O4. The summed E-state index contributed by atoms with van der Waals surface area (Å²) in [5, 5.41) is 28.2. The van der Waals surface area contributed by atoms with Crippen LogP contribution in [0.3, 0.4) is 0 Å². The van der Waals surface area contributed by atoms with Gasteiger partial charge in [0, 0.05) is 6.20 Å². The summed E-state index contributed by atoms with van der Waals surface area (Å²) in [4.78, 5) is 14.6. The summed E-state index contributed by atoms with van der Waals surface area (Å²) in [6.07, 6.45) is 2.81. The van der Waals surface area contributed by atoms with E-state index in [4.69, 9.17) is 10.8 Å². The molecule has 0 spiro atoms. The maximum atomic E-state index is 10.9. The number of hydrogen-bond donors (Lipinski definition) is 4. The van der Waals surface area contributed by atoms with Crippen molar-refractivity contribution in [3.05, 3.63) is 35.6 Å². The molecule has 7 heteroatoms. The summed E-state index contributed by atoms with van der Waals surface area (Å²) in [6.45, 7) is -0.369. The van der Waals surface area contributed by atoms with Gasteiger partial charge in [-0.3, -0.25) is 4.79 Å². The molecule has 0 radical (unpaired) electrons. The maximum Gasteiger partial charge on any atom is 0.268 e. The minimum Gasteiger partial charge on any atom is -0.507 e. The topological polar surface area (TPSA) is 122 Å². The smallest absolute Gasteiger partial charge is 0.268 e. The fourth-order valence-electron chi connectivity index (χ4n) is 1.56. The first kappa shape index (κ1) is 11.4. The molecule has 7 nitrogen and oxygen atoms in total. The Labute approximate surface area is 96.1 Å². The van der Waals surface area contributed by atoms with Gasteiger partial charge in [0.05, 0.1) is 12.3 Å². The number of rotatable bonds is 3. The summed E-state index contributed by atoms with van der Waals surface area (Å²) in [6, 6.07) is 0. The van der Waals surface area contributed by atoms with Crippen molar-refractivity contribution in [1.82, 2.24) is 9.55 Å². The number of aliphatic hydroxyl groups excluding tert-OH is 3. The molecule has 1 unspecified atom stereocenters. The van der Waals surface area contributed by atoms with E-state index in [0.717, 1.165) is 0 Å². The molecule has 0 fully saturated rings. The quantitative estimate of drug-likeness (QED) is 0.537. The first-order valence-corrected chi connectivity index (χ1v) is 4.81. The van der Waals surface area contributed by atoms with E-state index in [1.807, 2.05) is 0 Å². The molecule has 0 saturated carbocycles. The lowest BCUT2D eigenvalue weighted by molar-refractivity contribution is 0.0996. The highest BCUT2D eigenvalue weighted by Gasteiger charge is 2.26. The molecule has 1 amide bonds. The summed E-state index contributed by atoms with van der Waals surface area (Å²) in [7, 11) is 0. The highest BCUT2D eigenvalue weighted by atomic mass is 16.3. The third-order valence-electron chi connectivity index (χ3n) is 2.49.